The van der Waals surface area contributed by atoms with Crippen LogP contribution in [0.4, 0.5) is 11.6 Å². The minimum Gasteiger partial charge on any atom is -0.336 e. The highest BCUT2D eigenvalue weighted by Gasteiger charge is 2.35. The standard InChI is InChI=1S/C28H31N9O/c1-17-9-18(2)11-23(10-17)30-28-29-14-22-15-36(16-25(22)31-28)24-7-8-37(19(3)12-24)27(38)21-6-4-5-20(13-21)26-32-34-35-33-26/h4-6,9-11,13-14,19,24H,7-8,12,15-16H2,1-3H3,(H,29,30,31)(H,32,33,34,35)/t19-,24-/m0/s1. The van der Waals surface area contributed by atoms with Crippen LogP contribution in [0.5, 0.6) is 0 Å². The highest BCUT2D eigenvalue weighted by atomic mass is 16.2. The number of aryl methyl sites for hydroxylation is 2. The van der Waals surface area contributed by atoms with Crippen LogP contribution in [0.2, 0.25) is 0 Å². The number of likely N-dealkylation sites (tertiary alicyclic amines) is 1. The number of anilines is 2. The molecule has 2 aromatic heterocycles. The molecule has 0 saturated carbocycles. The van der Waals surface area contributed by atoms with Crippen LogP contribution in [0.25, 0.3) is 11.4 Å². The summed E-state index contributed by atoms with van der Waals surface area (Å²) in [5.41, 5.74) is 7.13. The van der Waals surface area contributed by atoms with Crippen LogP contribution in [-0.2, 0) is 13.1 Å². The molecule has 38 heavy (non-hydrogen) atoms. The zero-order valence-corrected chi connectivity index (χ0v) is 21.8. The molecule has 0 bridgehead atoms. The van der Waals surface area contributed by atoms with E-state index >= 15 is 0 Å². The highest BCUT2D eigenvalue weighted by molar-refractivity contribution is 5.95. The fraction of sp³-hybridized carbons (Fsp3) is 0.357. The van der Waals surface area contributed by atoms with Gasteiger partial charge >= 0.3 is 0 Å². The summed E-state index contributed by atoms with van der Waals surface area (Å²) in [4.78, 5) is 27.3. The normalized spacial score (nSPS) is 19.4. The maximum absolute atomic E-state index is 13.4. The van der Waals surface area contributed by atoms with E-state index in [2.05, 4.69) is 74.8 Å². The molecule has 2 N–H and O–H groups in total. The molecule has 1 saturated heterocycles. The van der Waals surface area contributed by atoms with Gasteiger partial charge in [-0.15, -0.1) is 5.10 Å². The predicted molar refractivity (Wildman–Crippen MR) is 144 cm³/mol. The van der Waals surface area contributed by atoms with Crippen molar-refractivity contribution in [2.75, 3.05) is 11.9 Å². The number of benzene rings is 2. The largest absolute Gasteiger partial charge is 0.336 e. The maximum atomic E-state index is 13.4. The minimum atomic E-state index is 0.0444. The Kier molecular flexibility index (Phi) is 6.32. The number of aromatic amines is 1. The summed E-state index contributed by atoms with van der Waals surface area (Å²) in [7, 11) is 0. The molecule has 4 aromatic rings. The number of carbonyl (C=O) groups excluding carboxylic acids is 1. The van der Waals surface area contributed by atoms with E-state index in [9.17, 15) is 4.79 Å². The van der Waals surface area contributed by atoms with Crippen LogP contribution in [-0.4, -0.2) is 64.9 Å². The van der Waals surface area contributed by atoms with E-state index < -0.39 is 0 Å². The summed E-state index contributed by atoms with van der Waals surface area (Å²) < 4.78 is 0. The van der Waals surface area contributed by atoms with Crippen molar-refractivity contribution in [1.82, 2.24) is 40.4 Å². The molecular formula is C28H31N9O. The lowest BCUT2D eigenvalue weighted by atomic mass is 9.96. The van der Waals surface area contributed by atoms with Crippen LogP contribution in [0.1, 0.15) is 52.5 Å². The van der Waals surface area contributed by atoms with Crippen molar-refractivity contribution in [1.29, 1.82) is 0 Å². The molecule has 1 fully saturated rings. The number of tetrazole rings is 1. The monoisotopic (exact) mass is 509 g/mol. The first-order valence-corrected chi connectivity index (χ1v) is 13.0. The third kappa shape index (κ3) is 4.87. The average Bonchev–Trinajstić information content (AvgIpc) is 3.58. The number of piperidine rings is 1. The van der Waals surface area contributed by atoms with Gasteiger partial charge in [0.2, 0.25) is 5.95 Å². The highest BCUT2D eigenvalue weighted by Crippen LogP contribution is 2.31. The third-order valence-corrected chi connectivity index (χ3v) is 7.51. The van der Waals surface area contributed by atoms with Crippen LogP contribution >= 0.6 is 0 Å². The van der Waals surface area contributed by atoms with Crippen LogP contribution in [0, 0.1) is 13.8 Å². The van der Waals surface area contributed by atoms with Gasteiger partial charge in [-0.3, -0.25) is 9.69 Å². The molecule has 2 atom stereocenters. The fourth-order valence-corrected chi connectivity index (χ4v) is 5.70. The van der Waals surface area contributed by atoms with Crippen molar-refractivity contribution in [3.8, 4) is 11.4 Å². The topological polar surface area (TPSA) is 116 Å². The van der Waals surface area contributed by atoms with E-state index in [1.165, 1.54) is 16.7 Å². The lowest BCUT2D eigenvalue weighted by Crippen LogP contribution is -2.50. The number of nitrogens with one attached hydrogen (secondary N) is 2. The molecule has 0 aliphatic carbocycles. The van der Waals surface area contributed by atoms with Gasteiger partial charge in [0, 0.05) is 60.3 Å². The number of H-pyrrole nitrogens is 1. The van der Waals surface area contributed by atoms with Gasteiger partial charge in [-0.25, -0.2) is 15.1 Å². The number of fused-ring (bicyclic) bond motifs is 1. The Morgan fingerprint density at radius 2 is 1.95 bits per heavy atom. The van der Waals surface area contributed by atoms with Gasteiger partial charge in [0.25, 0.3) is 5.91 Å². The second-order valence-corrected chi connectivity index (χ2v) is 10.4. The SMILES string of the molecule is Cc1cc(C)cc(Nc2ncc3c(n2)CN([C@H]2CCN(C(=O)c4cccc(-c5nnn[nH]5)c4)[C@@H](C)C2)C3)c1. The smallest absolute Gasteiger partial charge is 0.254 e. The quantitative estimate of drug-likeness (QED) is 0.414. The lowest BCUT2D eigenvalue weighted by Gasteiger charge is -2.41. The summed E-state index contributed by atoms with van der Waals surface area (Å²) in [5.74, 6) is 1.23. The Hall–Kier alpha value is -4.18. The van der Waals surface area contributed by atoms with Crippen LogP contribution in [0.15, 0.2) is 48.7 Å². The van der Waals surface area contributed by atoms with E-state index in [1.807, 2.05) is 35.4 Å². The first-order valence-electron chi connectivity index (χ1n) is 13.0. The van der Waals surface area contributed by atoms with Crippen molar-refractivity contribution in [2.45, 2.75) is 58.8 Å². The summed E-state index contributed by atoms with van der Waals surface area (Å²) in [6, 6.07) is 14.4. The summed E-state index contributed by atoms with van der Waals surface area (Å²) in [5, 5.41) is 17.3. The molecule has 1 amide bonds. The van der Waals surface area contributed by atoms with Gasteiger partial charge in [-0.1, -0.05) is 18.2 Å². The fourth-order valence-electron chi connectivity index (χ4n) is 5.70. The number of amides is 1. The Bertz CT molecular complexity index is 1450. The molecule has 4 heterocycles. The number of hydrogen-bond acceptors (Lipinski definition) is 8. The van der Waals surface area contributed by atoms with Gasteiger partial charge in [-0.2, -0.15) is 0 Å². The Morgan fingerprint density at radius 3 is 2.71 bits per heavy atom. The molecular weight excluding hydrogens is 478 g/mol. The molecule has 6 rings (SSSR count). The van der Waals surface area contributed by atoms with Crippen LogP contribution < -0.4 is 5.32 Å². The minimum absolute atomic E-state index is 0.0444. The molecule has 2 aliphatic heterocycles. The van der Waals surface area contributed by atoms with Gasteiger partial charge in [0.15, 0.2) is 5.82 Å². The molecule has 194 valence electrons. The molecule has 2 aromatic carbocycles. The van der Waals surface area contributed by atoms with Gasteiger partial charge in [0.1, 0.15) is 0 Å². The maximum Gasteiger partial charge on any atom is 0.254 e. The van der Waals surface area contributed by atoms with Gasteiger partial charge < -0.3 is 10.2 Å². The average molecular weight is 510 g/mol. The number of aromatic nitrogens is 6. The summed E-state index contributed by atoms with van der Waals surface area (Å²) in [6.45, 7) is 8.69. The van der Waals surface area contributed by atoms with E-state index in [-0.39, 0.29) is 11.9 Å². The molecule has 2 aliphatic rings. The molecule has 0 radical (unpaired) electrons. The molecule has 10 heteroatoms. The molecule has 0 unspecified atom stereocenters. The molecule has 10 nitrogen and oxygen atoms in total. The van der Waals surface area contributed by atoms with E-state index in [0.717, 1.165) is 49.4 Å². The van der Waals surface area contributed by atoms with E-state index in [1.54, 1.807) is 0 Å². The third-order valence-electron chi connectivity index (χ3n) is 7.51. The Morgan fingerprint density at radius 1 is 1.11 bits per heavy atom. The first-order chi connectivity index (χ1) is 18.4. The van der Waals surface area contributed by atoms with E-state index in [0.29, 0.717) is 23.4 Å². The van der Waals surface area contributed by atoms with Gasteiger partial charge in [-0.05, 0) is 79.4 Å². The van der Waals surface area contributed by atoms with Crippen molar-refractivity contribution in [3.63, 3.8) is 0 Å². The first kappa shape index (κ1) is 24.2. The van der Waals surface area contributed by atoms with Crippen molar-refractivity contribution < 1.29 is 4.79 Å². The Labute approximate surface area is 221 Å². The second-order valence-electron chi connectivity index (χ2n) is 10.4. The van der Waals surface area contributed by atoms with E-state index in [4.69, 9.17) is 4.98 Å². The number of nitrogens with zero attached hydrogens (tertiary/aromatic N) is 7. The molecule has 0 spiro atoms. The zero-order valence-electron chi connectivity index (χ0n) is 21.8. The number of rotatable bonds is 5. The summed E-state index contributed by atoms with van der Waals surface area (Å²) >= 11 is 0. The van der Waals surface area contributed by atoms with Gasteiger partial charge in [0.05, 0.1) is 5.69 Å². The predicted octanol–water partition coefficient (Wildman–Crippen LogP) is 4.03. The summed E-state index contributed by atoms with van der Waals surface area (Å²) in [6.07, 6.45) is 3.80. The number of hydrogen-bond donors (Lipinski definition) is 2. The van der Waals surface area contributed by atoms with Crippen molar-refractivity contribution in [3.05, 3.63) is 76.6 Å². The zero-order chi connectivity index (χ0) is 26.2. The van der Waals surface area contributed by atoms with Crippen LogP contribution in [0.3, 0.4) is 0 Å². The van der Waals surface area contributed by atoms with Crippen molar-refractivity contribution >= 4 is 17.5 Å². The lowest BCUT2D eigenvalue weighted by molar-refractivity contribution is 0.0460. The second kappa shape index (κ2) is 9.94. The number of carbonyl (C=O) groups is 1. The van der Waals surface area contributed by atoms with Crippen molar-refractivity contribution in [2.24, 2.45) is 0 Å². The Balaban J connectivity index is 1.09.